The molecule has 2 N–H and O–H groups in total. The summed E-state index contributed by atoms with van der Waals surface area (Å²) in [4.78, 5) is 2.25. The van der Waals surface area contributed by atoms with E-state index in [-0.39, 0.29) is 0 Å². The lowest BCUT2D eigenvalue weighted by Gasteiger charge is -2.19. The summed E-state index contributed by atoms with van der Waals surface area (Å²) < 4.78 is 10.7. The van der Waals surface area contributed by atoms with E-state index in [0.717, 1.165) is 43.1 Å². The van der Waals surface area contributed by atoms with Gasteiger partial charge in [0.1, 0.15) is 5.75 Å². The lowest BCUT2D eigenvalue weighted by atomic mass is 10.1. The second kappa shape index (κ2) is 7.95. The van der Waals surface area contributed by atoms with Crippen molar-refractivity contribution in [2.75, 3.05) is 39.6 Å². The summed E-state index contributed by atoms with van der Waals surface area (Å²) in [7, 11) is 3.82. The zero-order valence-electron chi connectivity index (χ0n) is 11.6. The van der Waals surface area contributed by atoms with Gasteiger partial charge < -0.3 is 20.1 Å². The molecule has 0 aliphatic rings. The zero-order valence-corrected chi connectivity index (χ0v) is 11.6. The average Bonchev–Trinajstić information content (AvgIpc) is 2.33. The molecule has 4 nitrogen and oxygen atoms in total. The van der Waals surface area contributed by atoms with E-state index in [2.05, 4.69) is 11.9 Å². The summed E-state index contributed by atoms with van der Waals surface area (Å²) in [5, 5.41) is 0. The number of methoxy groups -OCH3 is 1. The van der Waals surface area contributed by atoms with Crippen LogP contribution in [-0.2, 0) is 11.3 Å². The van der Waals surface area contributed by atoms with Gasteiger partial charge in [0, 0.05) is 38.1 Å². The van der Waals surface area contributed by atoms with Gasteiger partial charge in [0.15, 0.2) is 0 Å². The van der Waals surface area contributed by atoms with E-state index in [0.29, 0.717) is 6.61 Å². The first kappa shape index (κ1) is 14.8. The highest BCUT2D eigenvalue weighted by Crippen LogP contribution is 2.22. The van der Waals surface area contributed by atoms with E-state index in [1.54, 1.807) is 7.11 Å². The van der Waals surface area contributed by atoms with Crippen LogP contribution in [-0.4, -0.2) is 38.8 Å². The standard InChI is InChI=1S/C14H24N2O2/c1-4-18-14-7-6-13(15)10-12(14)11-16(2)8-5-9-17-3/h6-7,10H,4-5,8-9,11,15H2,1-3H3. The number of nitrogen functional groups attached to an aromatic ring is 1. The van der Waals surface area contributed by atoms with Crippen LogP contribution in [0.1, 0.15) is 18.9 Å². The van der Waals surface area contributed by atoms with Gasteiger partial charge >= 0.3 is 0 Å². The Morgan fingerprint density at radius 1 is 1.33 bits per heavy atom. The molecular formula is C14H24N2O2. The Kier molecular flexibility index (Phi) is 6.54. The van der Waals surface area contributed by atoms with Crippen LogP contribution in [0.25, 0.3) is 0 Å². The predicted octanol–water partition coefficient (Wildman–Crippen LogP) is 2.14. The van der Waals surface area contributed by atoms with Crippen molar-refractivity contribution in [1.29, 1.82) is 0 Å². The van der Waals surface area contributed by atoms with Gasteiger partial charge in [0.25, 0.3) is 0 Å². The van der Waals surface area contributed by atoms with Crippen molar-refractivity contribution in [2.45, 2.75) is 19.9 Å². The molecule has 0 aromatic heterocycles. The number of nitrogens with zero attached hydrogens (tertiary/aromatic N) is 1. The summed E-state index contributed by atoms with van der Waals surface area (Å²) in [6, 6.07) is 5.80. The Bertz CT molecular complexity index is 356. The van der Waals surface area contributed by atoms with Crippen LogP contribution in [0.15, 0.2) is 18.2 Å². The molecule has 1 aromatic rings. The van der Waals surface area contributed by atoms with Crippen LogP contribution in [0.2, 0.25) is 0 Å². The summed E-state index contributed by atoms with van der Waals surface area (Å²) in [5.74, 6) is 0.922. The fourth-order valence-corrected chi connectivity index (χ4v) is 1.87. The van der Waals surface area contributed by atoms with Gasteiger partial charge in [0.05, 0.1) is 6.61 Å². The van der Waals surface area contributed by atoms with E-state index in [1.165, 1.54) is 0 Å². The quantitative estimate of drug-likeness (QED) is 0.569. The Balaban J connectivity index is 2.60. The summed E-state index contributed by atoms with van der Waals surface area (Å²) in [6.07, 6.45) is 1.03. The number of anilines is 1. The molecule has 0 saturated heterocycles. The fourth-order valence-electron chi connectivity index (χ4n) is 1.87. The van der Waals surface area contributed by atoms with Crippen molar-refractivity contribution >= 4 is 5.69 Å². The van der Waals surface area contributed by atoms with Gasteiger partial charge in [-0.25, -0.2) is 0 Å². The zero-order chi connectivity index (χ0) is 13.4. The maximum Gasteiger partial charge on any atom is 0.123 e. The van der Waals surface area contributed by atoms with Crippen molar-refractivity contribution in [3.8, 4) is 5.75 Å². The molecular weight excluding hydrogens is 228 g/mol. The van der Waals surface area contributed by atoms with Crippen LogP contribution in [0.4, 0.5) is 5.69 Å². The van der Waals surface area contributed by atoms with Gasteiger partial charge in [-0.3, -0.25) is 0 Å². The number of nitrogens with two attached hydrogens (primary N) is 1. The molecule has 0 bridgehead atoms. The molecule has 1 rings (SSSR count). The molecule has 0 amide bonds. The molecule has 0 heterocycles. The number of hydrogen-bond acceptors (Lipinski definition) is 4. The Labute approximate surface area is 110 Å². The normalized spacial score (nSPS) is 10.9. The lowest BCUT2D eigenvalue weighted by Crippen LogP contribution is -2.20. The van der Waals surface area contributed by atoms with Crippen LogP contribution in [0.5, 0.6) is 5.75 Å². The average molecular weight is 252 g/mol. The highest BCUT2D eigenvalue weighted by Gasteiger charge is 2.07. The number of benzene rings is 1. The topological polar surface area (TPSA) is 47.7 Å². The van der Waals surface area contributed by atoms with Gasteiger partial charge in [-0.2, -0.15) is 0 Å². The second-order valence-electron chi connectivity index (χ2n) is 4.38. The van der Waals surface area contributed by atoms with Crippen LogP contribution < -0.4 is 10.5 Å². The molecule has 0 aliphatic heterocycles. The second-order valence-corrected chi connectivity index (χ2v) is 4.38. The van der Waals surface area contributed by atoms with Gasteiger partial charge in [0.2, 0.25) is 0 Å². The lowest BCUT2D eigenvalue weighted by molar-refractivity contribution is 0.177. The summed E-state index contributed by atoms with van der Waals surface area (Å²) in [5.41, 5.74) is 7.74. The molecule has 0 aliphatic carbocycles. The monoisotopic (exact) mass is 252 g/mol. The predicted molar refractivity (Wildman–Crippen MR) is 74.9 cm³/mol. The Hall–Kier alpha value is -1.26. The van der Waals surface area contributed by atoms with E-state index in [4.69, 9.17) is 15.2 Å². The molecule has 1 aromatic carbocycles. The third-order valence-corrected chi connectivity index (χ3v) is 2.71. The molecule has 18 heavy (non-hydrogen) atoms. The molecule has 0 unspecified atom stereocenters. The van der Waals surface area contributed by atoms with Crippen molar-refractivity contribution in [2.24, 2.45) is 0 Å². The molecule has 102 valence electrons. The molecule has 0 atom stereocenters. The Morgan fingerprint density at radius 2 is 2.11 bits per heavy atom. The van der Waals surface area contributed by atoms with Crippen molar-refractivity contribution in [3.05, 3.63) is 23.8 Å². The maximum atomic E-state index is 5.83. The first-order valence-corrected chi connectivity index (χ1v) is 6.36. The fraction of sp³-hybridized carbons (Fsp3) is 0.571. The van der Waals surface area contributed by atoms with Crippen LogP contribution in [0.3, 0.4) is 0 Å². The maximum absolute atomic E-state index is 5.83. The number of hydrogen-bond donors (Lipinski definition) is 1. The van der Waals surface area contributed by atoms with Gasteiger partial charge in [-0.05, 0) is 38.6 Å². The third kappa shape index (κ3) is 4.94. The smallest absolute Gasteiger partial charge is 0.123 e. The third-order valence-electron chi connectivity index (χ3n) is 2.71. The molecule has 4 heteroatoms. The highest BCUT2D eigenvalue weighted by molar-refractivity contribution is 5.47. The molecule has 0 radical (unpaired) electrons. The van der Waals surface area contributed by atoms with Crippen molar-refractivity contribution in [1.82, 2.24) is 4.90 Å². The van der Waals surface area contributed by atoms with E-state index < -0.39 is 0 Å². The molecule has 0 fully saturated rings. The van der Waals surface area contributed by atoms with E-state index >= 15 is 0 Å². The Morgan fingerprint density at radius 3 is 2.78 bits per heavy atom. The van der Waals surface area contributed by atoms with Gasteiger partial charge in [-0.15, -0.1) is 0 Å². The van der Waals surface area contributed by atoms with E-state index in [9.17, 15) is 0 Å². The highest BCUT2D eigenvalue weighted by atomic mass is 16.5. The summed E-state index contributed by atoms with van der Waals surface area (Å²) >= 11 is 0. The minimum atomic E-state index is 0.671. The number of ether oxygens (including phenoxy) is 2. The minimum absolute atomic E-state index is 0.671. The van der Waals surface area contributed by atoms with Crippen molar-refractivity contribution in [3.63, 3.8) is 0 Å². The van der Waals surface area contributed by atoms with Gasteiger partial charge in [-0.1, -0.05) is 0 Å². The van der Waals surface area contributed by atoms with Crippen LogP contribution >= 0.6 is 0 Å². The molecule has 0 spiro atoms. The van der Waals surface area contributed by atoms with Crippen LogP contribution in [0, 0.1) is 0 Å². The minimum Gasteiger partial charge on any atom is -0.494 e. The largest absolute Gasteiger partial charge is 0.494 e. The van der Waals surface area contributed by atoms with E-state index in [1.807, 2.05) is 25.1 Å². The molecule has 0 saturated carbocycles. The number of rotatable bonds is 8. The SMILES string of the molecule is CCOc1ccc(N)cc1CN(C)CCCOC. The first-order valence-electron chi connectivity index (χ1n) is 6.36. The summed E-state index contributed by atoms with van der Waals surface area (Å²) in [6.45, 7) is 5.28. The van der Waals surface area contributed by atoms with Crippen molar-refractivity contribution < 1.29 is 9.47 Å². The first-order chi connectivity index (χ1) is 8.67.